The van der Waals surface area contributed by atoms with E-state index in [-0.39, 0.29) is 26.6 Å². The lowest BCUT2D eigenvalue weighted by Gasteiger charge is -2.35. The van der Waals surface area contributed by atoms with Gasteiger partial charge in [-0.15, -0.1) is 0 Å². The first-order valence-corrected chi connectivity index (χ1v) is 10.7. The maximum absolute atomic E-state index is 12.5. The minimum atomic E-state index is -0.441. The molecule has 1 aliphatic rings. The maximum Gasteiger partial charge on any atom is 0.257 e. The van der Waals surface area contributed by atoms with Gasteiger partial charge in [-0.2, -0.15) is 0 Å². The van der Waals surface area contributed by atoms with Gasteiger partial charge in [-0.05, 0) is 48.6 Å². The minimum Gasteiger partial charge on any atom is -0.494 e. The van der Waals surface area contributed by atoms with Crippen LogP contribution < -0.4 is 20.3 Å². The number of ether oxygens (including phenoxy) is 1. The molecule has 10 heteroatoms. The predicted octanol–water partition coefficient (Wildman–Crippen LogP) is 3.80. The van der Waals surface area contributed by atoms with Gasteiger partial charge in [0.15, 0.2) is 10.9 Å². The van der Waals surface area contributed by atoms with Crippen LogP contribution in [-0.2, 0) is 4.79 Å². The van der Waals surface area contributed by atoms with Crippen LogP contribution in [0.25, 0.3) is 0 Å². The normalized spacial score (nSPS) is 13.5. The van der Waals surface area contributed by atoms with Crippen molar-refractivity contribution in [3.05, 3.63) is 52.0 Å². The van der Waals surface area contributed by atoms with Crippen molar-refractivity contribution in [1.82, 2.24) is 10.2 Å². The number of nitrogens with zero attached hydrogens (tertiary/aromatic N) is 2. The molecule has 0 atom stereocenters. The average molecular weight is 481 g/mol. The van der Waals surface area contributed by atoms with Gasteiger partial charge in [0.1, 0.15) is 0 Å². The van der Waals surface area contributed by atoms with Crippen LogP contribution in [0, 0.1) is 0 Å². The highest BCUT2D eigenvalue weighted by molar-refractivity contribution is 7.80. The fraction of sp³-hybridized carbons (Fsp3) is 0.286. The van der Waals surface area contributed by atoms with Gasteiger partial charge >= 0.3 is 0 Å². The van der Waals surface area contributed by atoms with E-state index < -0.39 is 5.91 Å². The topological polar surface area (TPSA) is 73.9 Å². The number of benzene rings is 2. The summed E-state index contributed by atoms with van der Waals surface area (Å²) in [4.78, 5) is 28.0. The Morgan fingerprint density at radius 1 is 1.03 bits per heavy atom. The van der Waals surface area contributed by atoms with E-state index in [1.807, 2.05) is 29.2 Å². The lowest BCUT2D eigenvalue weighted by molar-refractivity contribution is -0.129. The molecule has 2 aromatic carbocycles. The van der Waals surface area contributed by atoms with Crippen LogP contribution >= 0.6 is 35.4 Å². The molecule has 0 bridgehead atoms. The second-order valence-electron chi connectivity index (χ2n) is 6.92. The lowest BCUT2D eigenvalue weighted by atomic mass is 10.2. The zero-order valence-corrected chi connectivity index (χ0v) is 19.4. The number of amides is 2. The summed E-state index contributed by atoms with van der Waals surface area (Å²) in [6, 6.07) is 10.6. The number of hydrogen-bond donors (Lipinski definition) is 2. The molecule has 7 nitrogen and oxygen atoms in total. The van der Waals surface area contributed by atoms with Crippen molar-refractivity contribution in [2.24, 2.45) is 0 Å². The van der Waals surface area contributed by atoms with Crippen LogP contribution in [-0.4, -0.2) is 55.1 Å². The molecule has 31 heavy (non-hydrogen) atoms. The summed E-state index contributed by atoms with van der Waals surface area (Å²) in [7, 11) is 1.45. The fourth-order valence-electron chi connectivity index (χ4n) is 3.26. The first kappa shape index (κ1) is 23.1. The standard InChI is InChI=1S/C21H22Cl2N4O3S/c1-13(28)26-7-9-27(10-8-26)16-5-3-15(4-6-16)24-21(31)25-20(29)14-11-17(22)19(30-2)18(23)12-14/h3-6,11-12H,7-10H2,1-2H3,(H2,24,25,29,31). The Kier molecular flexibility index (Phi) is 7.59. The van der Waals surface area contributed by atoms with Gasteiger partial charge in [0.25, 0.3) is 5.91 Å². The lowest BCUT2D eigenvalue weighted by Crippen LogP contribution is -2.48. The van der Waals surface area contributed by atoms with E-state index in [0.717, 1.165) is 24.5 Å². The number of methoxy groups -OCH3 is 1. The fourth-order valence-corrected chi connectivity index (χ4v) is 4.11. The van der Waals surface area contributed by atoms with Crippen molar-refractivity contribution in [3.63, 3.8) is 0 Å². The van der Waals surface area contributed by atoms with Crippen LogP contribution in [0.2, 0.25) is 10.0 Å². The van der Waals surface area contributed by atoms with Crippen LogP contribution in [0.3, 0.4) is 0 Å². The van der Waals surface area contributed by atoms with E-state index >= 15 is 0 Å². The number of anilines is 2. The average Bonchev–Trinajstić information content (AvgIpc) is 2.74. The number of nitrogens with one attached hydrogen (secondary N) is 2. The molecule has 164 valence electrons. The van der Waals surface area contributed by atoms with Gasteiger partial charge in [0.2, 0.25) is 5.91 Å². The quantitative estimate of drug-likeness (QED) is 0.648. The van der Waals surface area contributed by atoms with Gasteiger partial charge in [0, 0.05) is 50.0 Å². The molecule has 0 aromatic heterocycles. The summed E-state index contributed by atoms with van der Waals surface area (Å²) in [5, 5.41) is 6.21. The molecule has 0 aliphatic carbocycles. The molecule has 1 heterocycles. The molecule has 0 radical (unpaired) electrons. The zero-order valence-electron chi connectivity index (χ0n) is 17.1. The zero-order chi connectivity index (χ0) is 22.5. The third-order valence-corrected chi connectivity index (χ3v) is 5.67. The van der Waals surface area contributed by atoms with Crippen LogP contribution in [0.4, 0.5) is 11.4 Å². The molecule has 1 aliphatic heterocycles. The molecular weight excluding hydrogens is 459 g/mol. The van der Waals surface area contributed by atoms with E-state index in [4.69, 9.17) is 40.2 Å². The molecule has 1 saturated heterocycles. The molecule has 1 fully saturated rings. The Morgan fingerprint density at radius 3 is 2.13 bits per heavy atom. The second kappa shape index (κ2) is 10.2. The summed E-state index contributed by atoms with van der Waals surface area (Å²) >= 11 is 17.4. The number of thiocarbonyl (C=S) groups is 1. The number of carbonyl (C=O) groups is 2. The van der Waals surface area contributed by atoms with Crippen molar-refractivity contribution >= 4 is 63.7 Å². The molecule has 2 amide bonds. The Balaban J connectivity index is 1.56. The highest BCUT2D eigenvalue weighted by Crippen LogP contribution is 2.33. The van der Waals surface area contributed by atoms with Gasteiger partial charge in [-0.3, -0.25) is 14.9 Å². The summed E-state index contributed by atoms with van der Waals surface area (Å²) in [5.41, 5.74) is 2.06. The molecular formula is C21H22Cl2N4O3S. The van der Waals surface area contributed by atoms with E-state index in [9.17, 15) is 9.59 Å². The molecule has 2 aromatic rings. The molecule has 2 N–H and O–H groups in total. The van der Waals surface area contributed by atoms with Crippen LogP contribution in [0.1, 0.15) is 17.3 Å². The number of piperazine rings is 1. The van der Waals surface area contributed by atoms with Crippen molar-refractivity contribution in [1.29, 1.82) is 0 Å². The van der Waals surface area contributed by atoms with Crippen molar-refractivity contribution < 1.29 is 14.3 Å². The smallest absolute Gasteiger partial charge is 0.257 e. The molecule has 0 unspecified atom stereocenters. The largest absolute Gasteiger partial charge is 0.494 e. The Morgan fingerprint density at radius 2 is 1.61 bits per heavy atom. The Hall–Kier alpha value is -2.55. The number of carbonyl (C=O) groups excluding carboxylic acids is 2. The van der Waals surface area contributed by atoms with Crippen LogP contribution in [0.5, 0.6) is 5.75 Å². The van der Waals surface area contributed by atoms with Crippen molar-refractivity contribution in [3.8, 4) is 5.75 Å². The summed E-state index contributed by atoms with van der Waals surface area (Å²) < 4.78 is 5.09. The predicted molar refractivity (Wildman–Crippen MR) is 128 cm³/mol. The summed E-state index contributed by atoms with van der Waals surface area (Å²) in [5.74, 6) is -0.0266. The van der Waals surface area contributed by atoms with E-state index in [2.05, 4.69) is 15.5 Å². The van der Waals surface area contributed by atoms with E-state index in [1.165, 1.54) is 19.2 Å². The SMILES string of the molecule is COc1c(Cl)cc(C(=O)NC(=S)Nc2ccc(N3CCN(C(C)=O)CC3)cc2)cc1Cl. The monoisotopic (exact) mass is 480 g/mol. The highest BCUT2D eigenvalue weighted by Gasteiger charge is 2.19. The summed E-state index contributed by atoms with van der Waals surface area (Å²) in [6.45, 7) is 4.59. The Labute approximate surface area is 196 Å². The first-order valence-electron chi connectivity index (χ1n) is 9.54. The molecule has 0 saturated carbocycles. The third kappa shape index (κ3) is 5.78. The highest BCUT2D eigenvalue weighted by atomic mass is 35.5. The van der Waals surface area contributed by atoms with Crippen molar-refractivity contribution in [2.75, 3.05) is 43.5 Å². The molecule has 3 rings (SSSR count). The maximum atomic E-state index is 12.5. The summed E-state index contributed by atoms with van der Waals surface area (Å²) in [6.07, 6.45) is 0. The van der Waals surface area contributed by atoms with Gasteiger partial charge < -0.3 is 19.9 Å². The van der Waals surface area contributed by atoms with Gasteiger partial charge in [-0.1, -0.05) is 23.2 Å². The van der Waals surface area contributed by atoms with Crippen LogP contribution in [0.15, 0.2) is 36.4 Å². The Bertz CT molecular complexity index is 970. The third-order valence-electron chi connectivity index (χ3n) is 4.91. The number of rotatable bonds is 4. The second-order valence-corrected chi connectivity index (χ2v) is 8.14. The van der Waals surface area contributed by atoms with Gasteiger partial charge in [-0.25, -0.2) is 0 Å². The van der Waals surface area contributed by atoms with Gasteiger partial charge in [0.05, 0.1) is 17.2 Å². The number of halogens is 2. The van der Waals surface area contributed by atoms with E-state index in [0.29, 0.717) is 18.8 Å². The van der Waals surface area contributed by atoms with Crippen molar-refractivity contribution in [2.45, 2.75) is 6.92 Å². The minimum absolute atomic E-state index is 0.106. The number of hydrogen-bond acceptors (Lipinski definition) is 5. The van der Waals surface area contributed by atoms with E-state index in [1.54, 1.807) is 6.92 Å². The first-order chi connectivity index (χ1) is 14.8. The molecule has 0 spiro atoms.